The van der Waals surface area contributed by atoms with Gasteiger partial charge in [-0.25, -0.2) is 8.78 Å². The molecule has 0 saturated carbocycles. The first-order valence-electron chi connectivity index (χ1n) is 6.06. The Morgan fingerprint density at radius 2 is 1.85 bits per heavy atom. The summed E-state index contributed by atoms with van der Waals surface area (Å²) in [6, 6.07) is 11.1. The summed E-state index contributed by atoms with van der Waals surface area (Å²) in [7, 11) is 0. The number of hydrogen-bond acceptors (Lipinski definition) is 2. The Hall–Kier alpha value is -2.38. The van der Waals surface area contributed by atoms with Crippen LogP contribution < -0.4 is 10.5 Å². The van der Waals surface area contributed by atoms with Crippen molar-refractivity contribution in [2.75, 3.05) is 6.54 Å². The highest BCUT2D eigenvalue weighted by atomic mass is 19.2. The van der Waals surface area contributed by atoms with Crippen molar-refractivity contribution in [1.29, 1.82) is 0 Å². The number of para-hydroxylation sites is 1. The van der Waals surface area contributed by atoms with Gasteiger partial charge >= 0.3 is 0 Å². The first kappa shape index (κ1) is 14.0. The fraction of sp³-hybridized carbons (Fsp3) is 0.125. The van der Waals surface area contributed by atoms with Crippen molar-refractivity contribution in [3.8, 4) is 17.6 Å². The summed E-state index contributed by atoms with van der Waals surface area (Å²) in [5.74, 6) is 4.33. The van der Waals surface area contributed by atoms with Crippen LogP contribution in [0.1, 0.15) is 11.1 Å². The van der Waals surface area contributed by atoms with Crippen LogP contribution in [0.15, 0.2) is 42.5 Å². The Bertz CT molecular complexity index is 659. The van der Waals surface area contributed by atoms with Gasteiger partial charge in [0.25, 0.3) is 0 Å². The lowest BCUT2D eigenvalue weighted by atomic mass is 10.2. The Morgan fingerprint density at radius 3 is 2.65 bits per heavy atom. The molecule has 0 atom stereocenters. The Morgan fingerprint density at radius 1 is 1.05 bits per heavy atom. The molecule has 2 nitrogen and oxygen atoms in total. The van der Waals surface area contributed by atoms with Crippen molar-refractivity contribution in [3.05, 3.63) is 65.2 Å². The molecule has 0 unspecified atom stereocenters. The van der Waals surface area contributed by atoms with E-state index in [1.807, 2.05) is 6.07 Å². The molecule has 0 aliphatic rings. The smallest absolute Gasteiger partial charge is 0.165 e. The lowest BCUT2D eigenvalue weighted by Crippen LogP contribution is -2.01. The molecule has 0 aromatic heterocycles. The summed E-state index contributed by atoms with van der Waals surface area (Å²) in [5.41, 5.74) is 6.14. The molecule has 0 fully saturated rings. The molecule has 0 aliphatic heterocycles. The van der Waals surface area contributed by atoms with Crippen molar-refractivity contribution in [2.45, 2.75) is 6.61 Å². The zero-order valence-corrected chi connectivity index (χ0v) is 10.7. The van der Waals surface area contributed by atoms with E-state index in [1.165, 1.54) is 12.1 Å². The number of benzene rings is 2. The first-order chi connectivity index (χ1) is 9.72. The molecule has 2 rings (SSSR count). The first-order valence-corrected chi connectivity index (χ1v) is 6.06. The maximum absolute atomic E-state index is 13.5. The third kappa shape index (κ3) is 3.34. The van der Waals surface area contributed by atoms with E-state index in [0.29, 0.717) is 11.3 Å². The van der Waals surface area contributed by atoms with E-state index in [9.17, 15) is 8.78 Å². The number of halogens is 2. The van der Waals surface area contributed by atoms with Gasteiger partial charge in [0.05, 0.1) is 12.1 Å². The minimum absolute atomic E-state index is 0.0646. The van der Waals surface area contributed by atoms with Crippen molar-refractivity contribution >= 4 is 0 Å². The van der Waals surface area contributed by atoms with Crippen molar-refractivity contribution in [2.24, 2.45) is 5.73 Å². The van der Waals surface area contributed by atoms with Crippen LogP contribution in [0, 0.1) is 23.5 Å². The summed E-state index contributed by atoms with van der Waals surface area (Å²) in [6.45, 7) is 0.178. The van der Waals surface area contributed by atoms with E-state index in [0.717, 1.165) is 6.07 Å². The van der Waals surface area contributed by atoms with Crippen LogP contribution in [-0.4, -0.2) is 6.54 Å². The molecule has 2 aromatic rings. The van der Waals surface area contributed by atoms with Gasteiger partial charge < -0.3 is 10.5 Å². The van der Waals surface area contributed by atoms with Gasteiger partial charge in [-0.2, -0.15) is 0 Å². The molecule has 20 heavy (non-hydrogen) atoms. The molecule has 2 N–H and O–H groups in total. The second-order valence-corrected chi connectivity index (χ2v) is 4.00. The van der Waals surface area contributed by atoms with Crippen molar-refractivity contribution in [3.63, 3.8) is 0 Å². The van der Waals surface area contributed by atoms with Crippen LogP contribution >= 0.6 is 0 Å². The Labute approximate surface area is 116 Å². The molecule has 0 radical (unpaired) electrons. The summed E-state index contributed by atoms with van der Waals surface area (Å²) < 4.78 is 32.1. The number of hydrogen-bond donors (Lipinski definition) is 1. The van der Waals surface area contributed by atoms with Crippen molar-refractivity contribution in [1.82, 2.24) is 0 Å². The predicted octanol–water partition coefficient (Wildman–Crippen LogP) is 2.85. The summed E-state index contributed by atoms with van der Waals surface area (Å²) >= 11 is 0. The minimum Gasteiger partial charge on any atom is -0.487 e. The Kier molecular flexibility index (Phi) is 4.70. The van der Waals surface area contributed by atoms with E-state index in [4.69, 9.17) is 10.5 Å². The minimum atomic E-state index is -0.891. The molecule has 0 saturated heterocycles. The fourth-order valence-corrected chi connectivity index (χ4v) is 1.66. The molecule has 0 amide bonds. The van der Waals surface area contributed by atoms with E-state index in [2.05, 4.69) is 11.8 Å². The molecule has 0 aliphatic carbocycles. The number of ether oxygens (including phenoxy) is 1. The second kappa shape index (κ2) is 6.69. The van der Waals surface area contributed by atoms with Gasteiger partial charge in [-0.05, 0) is 18.2 Å². The highest BCUT2D eigenvalue weighted by Crippen LogP contribution is 2.19. The van der Waals surface area contributed by atoms with Crippen LogP contribution in [0.3, 0.4) is 0 Å². The van der Waals surface area contributed by atoms with Gasteiger partial charge in [-0.1, -0.05) is 36.1 Å². The van der Waals surface area contributed by atoms with Gasteiger partial charge in [0.2, 0.25) is 0 Å². The van der Waals surface area contributed by atoms with Crippen LogP contribution in [0.25, 0.3) is 0 Å². The van der Waals surface area contributed by atoms with Crippen LogP contribution in [0.5, 0.6) is 5.75 Å². The van der Waals surface area contributed by atoms with Gasteiger partial charge in [0.1, 0.15) is 12.4 Å². The number of nitrogens with two attached hydrogens (primary N) is 1. The van der Waals surface area contributed by atoms with Crippen LogP contribution in [0.4, 0.5) is 8.78 Å². The summed E-state index contributed by atoms with van der Waals surface area (Å²) in [6.07, 6.45) is 0. The number of rotatable bonds is 3. The SMILES string of the molecule is NCC#Cc1ccccc1OCc1cccc(F)c1F. The maximum Gasteiger partial charge on any atom is 0.165 e. The molecule has 0 spiro atoms. The Balaban J connectivity index is 2.17. The second-order valence-electron chi connectivity index (χ2n) is 4.00. The quantitative estimate of drug-likeness (QED) is 0.873. The highest BCUT2D eigenvalue weighted by molar-refractivity contribution is 5.46. The van der Waals surface area contributed by atoms with Gasteiger partial charge in [0.15, 0.2) is 11.6 Å². The monoisotopic (exact) mass is 273 g/mol. The summed E-state index contributed by atoms with van der Waals surface area (Å²) in [4.78, 5) is 0. The predicted molar refractivity (Wildman–Crippen MR) is 73.1 cm³/mol. The highest BCUT2D eigenvalue weighted by Gasteiger charge is 2.08. The average molecular weight is 273 g/mol. The molecule has 4 heteroatoms. The van der Waals surface area contributed by atoms with Gasteiger partial charge in [-0.3, -0.25) is 0 Å². The van der Waals surface area contributed by atoms with E-state index in [1.54, 1.807) is 18.2 Å². The van der Waals surface area contributed by atoms with E-state index < -0.39 is 11.6 Å². The van der Waals surface area contributed by atoms with Gasteiger partial charge in [-0.15, -0.1) is 0 Å². The lowest BCUT2D eigenvalue weighted by Gasteiger charge is -2.09. The van der Waals surface area contributed by atoms with Crippen LogP contribution in [-0.2, 0) is 6.61 Å². The van der Waals surface area contributed by atoms with Crippen molar-refractivity contribution < 1.29 is 13.5 Å². The molecule has 0 heterocycles. The molecule has 102 valence electrons. The molecule has 2 aromatic carbocycles. The molecule has 0 bridgehead atoms. The maximum atomic E-state index is 13.5. The third-order valence-electron chi connectivity index (χ3n) is 2.63. The summed E-state index contributed by atoms with van der Waals surface area (Å²) in [5, 5.41) is 0. The van der Waals surface area contributed by atoms with Crippen LogP contribution in [0.2, 0.25) is 0 Å². The molecular weight excluding hydrogens is 260 g/mol. The zero-order chi connectivity index (χ0) is 14.4. The molecular formula is C16H13F2NO. The van der Waals surface area contributed by atoms with E-state index >= 15 is 0 Å². The standard InChI is InChI=1S/C16H13F2NO/c17-14-8-3-6-13(16(14)18)11-20-15-9-2-1-5-12(15)7-4-10-19/h1-3,5-6,8-9H,10-11,19H2. The largest absolute Gasteiger partial charge is 0.487 e. The zero-order valence-electron chi connectivity index (χ0n) is 10.7. The van der Waals surface area contributed by atoms with Gasteiger partial charge in [0, 0.05) is 5.56 Å². The van der Waals surface area contributed by atoms with E-state index in [-0.39, 0.29) is 18.7 Å². The topological polar surface area (TPSA) is 35.2 Å². The average Bonchev–Trinajstić information content (AvgIpc) is 2.47. The lowest BCUT2D eigenvalue weighted by molar-refractivity contribution is 0.296. The normalized spacial score (nSPS) is 9.75. The fourth-order valence-electron chi connectivity index (χ4n) is 1.66. The third-order valence-corrected chi connectivity index (χ3v) is 2.63.